The van der Waals surface area contributed by atoms with E-state index in [1.165, 1.54) is 0 Å². The van der Waals surface area contributed by atoms with E-state index in [4.69, 9.17) is 16.3 Å². The SMILES string of the molecule is CC(Oc1cccc(Cl)c1)C(=O)N1CCN(c2ccc(-c3cccnc3)nn2)CC1. The molecular formula is C22H22ClN5O2. The molecule has 154 valence electrons. The molecule has 1 atom stereocenters. The number of carbonyl (C=O) groups excluding carboxylic acids is 1. The Hall–Kier alpha value is -3.19. The molecule has 0 radical (unpaired) electrons. The summed E-state index contributed by atoms with van der Waals surface area (Å²) in [5.41, 5.74) is 1.72. The predicted molar refractivity (Wildman–Crippen MR) is 116 cm³/mol. The highest BCUT2D eigenvalue weighted by Crippen LogP contribution is 2.21. The van der Waals surface area contributed by atoms with Crippen molar-refractivity contribution < 1.29 is 9.53 Å². The van der Waals surface area contributed by atoms with Gasteiger partial charge >= 0.3 is 0 Å². The molecule has 1 amide bonds. The van der Waals surface area contributed by atoms with Gasteiger partial charge in [0, 0.05) is 49.2 Å². The van der Waals surface area contributed by atoms with Gasteiger partial charge in [0.05, 0.1) is 5.69 Å². The standard InChI is InChI=1S/C22H22ClN5O2/c1-16(30-19-6-2-5-18(23)14-19)22(29)28-12-10-27(11-13-28)21-8-7-20(25-26-21)17-4-3-9-24-15-17/h2-9,14-16H,10-13H2,1H3. The third kappa shape index (κ3) is 4.68. The lowest BCUT2D eigenvalue weighted by atomic mass is 10.2. The molecule has 1 aliphatic heterocycles. The minimum Gasteiger partial charge on any atom is -0.481 e. The summed E-state index contributed by atoms with van der Waals surface area (Å²) >= 11 is 5.98. The van der Waals surface area contributed by atoms with E-state index in [0.29, 0.717) is 37.0 Å². The predicted octanol–water partition coefficient (Wildman–Crippen LogP) is 3.31. The van der Waals surface area contributed by atoms with Crippen LogP contribution in [0.1, 0.15) is 6.92 Å². The Morgan fingerprint density at radius 3 is 2.57 bits per heavy atom. The van der Waals surface area contributed by atoms with Gasteiger partial charge in [-0.25, -0.2) is 0 Å². The van der Waals surface area contributed by atoms with Crippen molar-refractivity contribution in [2.75, 3.05) is 31.1 Å². The van der Waals surface area contributed by atoms with Crippen molar-refractivity contribution in [1.29, 1.82) is 0 Å². The molecule has 4 rings (SSSR count). The van der Waals surface area contributed by atoms with Crippen LogP contribution in [0.15, 0.2) is 60.9 Å². The van der Waals surface area contributed by atoms with Crippen LogP contribution in [0.2, 0.25) is 5.02 Å². The third-order valence-electron chi connectivity index (χ3n) is 4.98. The minimum absolute atomic E-state index is 0.0346. The first-order valence-corrected chi connectivity index (χ1v) is 10.2. The second-order valence-electron chi connectivity index (χ2n) is 7.05. The molecule has 1 aromatic carbocycles. The van der Waals surface area contributed by atoms with Crippen LogP contribution in [0.5, 0.6) is 5.75 Å². The second-order valence-corrected chi connectivity index (χ2v) is 7.48. The molecule has 0 spiro atoms. The Balaban J connectivity index is 1.32. The van der Waals surface area contributed by atoms with Gasteiger partial charge in [-0.3, -0.25) is 9.78 Å². The van der Waals surface area contributed by atoms with Crippen molar-refractivity contribution >= 4 is 23.3 Å². The Labute approximate surface area is 180 Å². The molecule has 0 aliphatic carbocycles. The van der Waals surface area contributed by atoms with Crippen molar-refractivity contribution in [1.82, 2.24) is 20.1 Å². The van der Waals surface area contributed by atoms with E-state index < -0.39 is 6.10 Å². The number of anilines is 1. The lowest BCUT2D eigenvalue weighted by Crippen LogP contribution is -2.52. The van der Waals surface area contributed by atoms with Crippen LogP contribution in [-0.4, -0.2) is 58.3 Å². The quantitative estimate of drug-likeness (QED) is 0.627. The number of benzene rings is 1. The first kappa shape index (κ1) is 20.1. The first-order chi connectivity index (χ1) is 14.6. The van der Waals surface area contributed by atoms with Gasteiger partial charge in [0.25, 0.3) is 5.91 Å². The van der Waals surface area contributed by atoms with E-state index in [1.54, 1.807) is 43.6 Å². The Kier molecular flexibility index (Phi) is 6.09. The van der Waals surface area contributed by atoms with E-state index >= 15 is 0 Å². The summed E-state index contributed by atoms with van der Waals surface area (Å²) in [6.45, 7) is 4.35. The number of pyridine rings is 1. The van der Waals surface area contributed by atoms with Crippen molar-refractivity contribution in [2.45, 2.75) is 13.0 Å². The third-order valence-corrected chi connectivity index (χ3v) is 5.21. The lowest BCUT2D eigenvalue weighted by Gasteiger charge is -2.36. The van der Waals surface area contributed by atoms with Gasteiger partial charge in [0.1, 0.15) is 5.75 Å². The number of halogens is 1. The molecule has 0 bridgehead atoms. The van der Waals surface area contributed by atoms with Gasteiger partial charge in [0.15, 0.2) is 11.9 Å². The van der Waals surface area contributed by atoms with Crippen molar-refractivity contribution in [3.05, 3.63) is 65.9 Å². The molecule has 1 unspecified atom stereocenters. The molecule has 1 saturated heterocycles. The maximum atomic E-state index is 12.7. The summed E-state index contributed by atoms with van der Waals surface area (Å²) in [5.74, 6) is 1.36. The van der Waals surface area contributed by atoms with Gasteiger partial charge in [-0.05, 0) is 49.4 Å². The average molecular weight is 424 g/mol. The molecule has 0 saturated carbocycles. The van der Waals surface area contributed by atoms with Crippen LogP contribution < -0.4 is 9.64 Å². The summed E-state index contributed by atoms with van der Waals surface area (Å²) < 4.78 is 5.76. The van der Waals surface area contributed by atoms with Gasteiger partial charge in [-0.1, -0.05) is 17.7 Å². The van der Waals surface area contributed by atoms with Crippen LogP contribution in [0.4, 0.5) is 5.82 Å². The van der Waals surface area contributed by atoms with E-state index in [9.17, 15) is 4.79 Å². The van der Waals surface area contributed by atoms with Crippen LogP contribution >= 0.6 is 11.6 Å². The molecule has 3 heterocycles. The van der Waals surface area contributed by atoms with Crippen LogP contribution in [-0.2, 0) is 4.79 Å². The van der Waals surface area contributed by atoms with Gasteiger partial charge in [0.2, 0.25) is 0 Å². The number of ether oxygens (including phenoxy) is 1. The van der Waals surface area contributed by atoms with Gasteiger partial charge in [-0.15, -0.1) is 10.2 Å². The number of hydrogen-bond donors (Lipinski definition) is 0. The van der Waals surface area contributed by atoms with E-state index in [2.05, 4.69) is 20.1 Å². The lowest BCUT2D eigenvalue weighted by molar-refractivity contribution is -0.138. The molecule has 0 N–H and O–H groups in total. The fourth-order valence-corrected chi connectivity index (χ4v) is 3.55. The molecule has 30 heavy (non-hydrogen) atoms. The number of nitrogens with zero attached hydrogens (tertiary/aromatic N) is 5. The van der Waals surface area contributed by atoms with Crippen molar-refractivity contribution in [3.63, 3.8) is 0 Å². The fraction of sp³-hybridized carbons (Fsp3) is 0.273. The van der Waals surface area contributed by atoms with Crippen LogP contribution in [0.25, 0.3) is 11.3 Å². The zero-order chi connectivity index (χ0) is 20.9. The highest BCUT2D eigenvalue weighted by Gasteiger charge is 2.26. The summed E-state index contributed by atoms with van der Waals surface area (Å²) in [5, 5.41) is 9.25. The summed E-state index contributed by atoms with van der Waals surface area (Å²) in [6.07, 6.45) is 2.92. The highest BCUT2D eigenvalue weighted by molar-refractivity contribution is 6.30. The van der Waals surface area contributed by atoms with E-state index in [-0.39, 0.29) is 5.91 Å². The summed E-state index contributed by atoms with van der Waals surface area (Å²) in [7, 11) is 0. The number of piperazine rings is 1. The number of carbonyl (C=O) groups is 1. The van der Waals surface area contributed by atoms with Crippen LogP contribution in [0, 0.1) is 0 Å². The van der Waals surface area contributed by atoms with Gasteiger partial charge in [-0.2, -0.15) is 0 Å². The summed E-state index contributed by atoms with van der Waals surface area (Å²) in [6, 6.07) is 14.8. The number of rotatable bonds is 5. The molecule has 1 fully saturated rings. The second kappa shape index (κ2) is 9.09. The maximum Gasteiger partial charge on any atom is 0.263 e. The van der Waals surface area contributed by atoms with E-state index in [1.807, 2.05) is 29.2 Å². The fourth-order valence-electron chi connectivity index (χ4n) is 3.37. The zero-order valence-electron chi connectivity index (χ0n) is 16.6. The largest absolute Gasteiger partial charge is 0.481 e. The number of amides is 1. The molecule has 8 heteroatoms. The molecule has 1 aliphatic rings. The summed E-state index contributed by atoms with van der Waals surface area (Å²) in [4.78, 5) is 20.8. The topological polar surface area (TPSA) is 71.5 Å². The average Bonchev–Trinajstić information content (AvgIpc) is 2.79. The monoisotopic (exact) mass is 423 g/mol. The maximum absolute atomic E-state index is 12.7. The minimum atomic E-state index is -0.575. The smallest absolute Gasteiger partial charge is 0.263 e. The van der Waals surface area contributed by atoms with Crippen molar-refractivity contribution in [3.8, 4) is 17.0 Å². The van der Waals surface area contributed by atoms with Gasteiger partial charge < -0.3 is 14.5 Å². The number of hydrogen-bond acceptors (Lipinski definition) is 6. The molecular weight excluding hydrogens is 402 g/mol. The highest BCUT2D eigenvalue weighted by atomic mass is 35.5. The Bertz CT molecular complexity index is 992. The first-order valence-electron chi connectivity index (χ1n) is 9.80. The molecule has 3 aromatic rings. The molecule has 2 aromatic heterocycles. The van der Waals surface area contributed by atoms with Crippen molar-refractivity contribution in [2.24, 2.45) is 0 Å². The Morgan fingerprint density at radius 1 is 1.07 bits per heavy atom. The van der Waals surface area contributed by atoms with Crippen LogP contribution in [0.3, 0.4) is 0 Å². The molecule has 7 nitrogen and oxygen atoms in total. The van der Waals surface area contributed by atoms with E-state index in [0.717, 1.165) is 17.1 Å². The normalized spacial score (nSPS) is 15.0. The zero-order valence-corrected chi connectivity index (χ0v) is 17.4. The number of aromatic nitrogens is 3. The Morgan fingerprint density at radius 2 is 1.90 bits per heavy atom.